The van der Waals surface area contributed by atoms with Crippen LogP contribution in [0.5, 0.6) is 0 Å². The SMILES string of the molecule is COC(=O)c1ccc(S(C)(=O)=O)c(C(=O)Cl)c1Cl. The Morgan fingerprint density at radius 2 is 1.83 bits per heavy atom. The largest absolute Gasteiger partial charge is 0.465 e. The lowest BCUT2D eigenvalue weighted by Crippen LogP contribution is -2.10. The van der Waals surface area contributed by atoms with Crippen molar-refractivity contribution in [2.75, 3.05) is 13.4 Å². The molecule has 0 N–H and O–H groups in total. The first kappa shape index (κ1) is 14.9. The van der Waals surface area contributed by atoms with Crippen LogP contribution in [0.2, 0.25) is 5.02 Å². The Kier molecular flexibility index (Phi) is 4.37. The maximum absolute atomic E-state index is 11.5. The van der Waals surface area contributed by atoms with Crippen molar-refractivity contribution in [2.24, 2.45) is 0 Å². The van der Waals surface area contributed by atoms with Crippen LogP contribution in [-0.4, -0.2) is 33.0 Å². The molecule has 1 aromatic carbocycles. The average molecular weight is 311 g/mol. The molecule has 0 aromatic heterocycles. The summed E-state index contributed by atoms with van der Waals surface area (Å²) in [5.41, 5.74) is -0.556. The fourth-order valence-electron chi connectivity index (χ4n) is 1.32. The molecule has 98 valence electrons. The molecule has 0 aliphatic carbocycles. The first-order chi connectivity index (χ1) is 8.20. The van der Waals surface area contributed by atoms with Crippen molar-refractivity contribution in [2.45, 2.75) is 4.90 Å². The summed E-state index contributed by atoms with van der Waals surface area (Å²) in [6, 6.07) is 2.25. The highest BCUT2D eigenvalue weighted by atomic mass is 35.5. The van der Waals surface area contributed by atoms with E-state index in [9.17, 15) is 18.0 Å². The minimum absolute atomic E-state index is 0.129. The Morgan fingerprint density at radius 1 is 1.28 bits per heavy atom. The summed E-state index contributed by atoms with van der Waals surface area (Å²) in [7, 11) is -2.56. The molecular formula is C10H8Cl2O5S. The number of hydrogen-bond donors (Lipinski definition) is 0. The lowest BCUT2D eigenvalue weighted by atomic mass is 10.1. The van der Waals surface area contributed by atoms with E-state index in [4.69, 9.17) is 23.2 Å². The van der Waals surface area contributed by atoms with Crippen molar-refractivity contribution in [1.82, 2.24) is 0 Å². The van der Waals surface area contributed by atoms with Crippen LogP contribution in [0.15, 0.2) is 17.0 Å². The Morgan fingerprint density at radius 3 is 2.22 bits per heavy atom. The van der Waals surface area contributed by atoms with Crippen LogP contribution >= 0.6 is 23.2 Å². The van der Waals surface area contributed by atoms with E-state index in [2.05, 4.69) is 4.74 Å². The van der Waals surface area contributed by atoms with Gasteiger partial charge in [-0.3, -0.25) is 4.79 Å². The number of carbonyl (C=O) groups is 2. The summed E-state index contributed by atoms with van der Waals surface area (Å²) in [5.74, 6) is -0.792. The molecule has 0 unspecified atom stereocenters. The van der Waals surface area contributed by atoms with Crippen LogP contribution < -0.4 is 0 Å². The van der Waals surface area contributed by atoms with E-state index in [0.29, 0.717) is 0 Å². The first-order valence-electron chi connectivity index (χ1n) is 4.50. The van der Waals surface area contributed by atoms with Gasteiger partial charge in [0.25, 0.3) is 5.24 Å². The highest BCUT2D eigenvalue weighted by Crippen LogP contribution is 2.29. The molecule has 0 saturated carbocycles. The third-order valence-electron chi connectivity index (χ3n) is 2.11. The Labute approximate surface area is 114 Å². The van der Waals surface area contributed by atoms with Gasteiger partial charge in [-0.25, -0.2) is 13.2 Å². The molecule has 0 amide bonds. The predicted molar refractivity (Wildman–Crippen MR) is 66.1 cm³/mol. The molecule has 0 fully saturated rings. The van der Waals surface area contributed by atoms with Gasteiger partial charge in [0.15, 0.2) is 9.84 Å². The molecule has 0 atom stereocenters. The predicted octanol–water partition coefficient (Wildman–Crippen LogP) is 1.91. The molecule has 8 heteroatoms. The van der Waals surface area contributed by atoms with Gasteiger partial charge >= 0.3 is 5.97 Å². The van der Waals surface area contributed by atoms with Gasteiger partial charge < -0.3 is 4.74 Å². The number of hydrogen-bond acceptors (Lipinski definition) is 5. The van der Waals surface area contributed by atoms with Crippen molar-refractivity contribution < 1.29 is 22.7 Å². The van der Waals surface area contributed by atoms with Crippen LogP contribution in [0.25, 0.3) is 0 Å². The van der Waals surface area contributed by atoms with Gasteiger partial charge in [0.05, 0.1) is 28.2 Å². The van der Waals surface area contributed by atoms with Crippen molar-refractivity contribution >= 4 is 44.3 Å². The Bertz CT molecular complexity index is 621. The molecule has 5 nitrogen and oxygen atoms in total. The number of esters is 1. The number of benzene rings is 1. The van der Waals surface area contributed by atoms with Crippen LogP contribution in [0, 0.1) is 0 Å². The van der Waals surface area contributed by atoms with Crippen molar-refractivity contribution in [3.8, 4) is 0 Å². The number of rotatable bonds is 3. The third kappa shape index (κ3) is 2.82. The summed E-state index contributed by atoms with van der Waals surface area (Å²) < 4.78 is 27.4. The fraction of sp³-hybridized carbons (Fsp3) is 0.200. The molecule has 0 saturated heterocycles. The second kappa shape index (κ2) is 5.26. The molecule has 1 rings (SSSR count). The second-order valence-corrected chi connectivity index (χ2v) is 6.04. The summed E-state index contributed by atoms with van der Waals surface area (Å²) in [6.07, 6.45) is 0.903. The van der Waals surface area contributed by atoms with Gasteiger partial charge in [-0.15, -0.1) is 0 Å². The molecular weight excluding hydrogens is 303 g/mol. The zero-order valence-corrected chi connectivity index (χ0v) is 11.7. The topological polar surface area (TPSA) is 77.5 Å². The van der Waals surface area contributed by atoms with E-state index >= 15 is 0 Å². The van der Waals surface area contributed by atoms with Crippen molar-refractivity contribution in [3.05, 3.63) is 28.3 Å². The smallest absolute Gasteiger partial charge is 0.339 e. The molecule has 18 heavy (non-hydrogen) atoms. The average Bonchev–Trinajstić information content (AvgIpc) is 2.25. The summed E-state index contributed by atoms with van der Waals surface area (Å²) in [4.78, 5) is 22.3. The van der Waals surface area contributed by atoms with Crippen molar-refractivity contribution in [3.63, 3.8) is 0 Å². The summed E-state index contributed by atoms with van der Waals surface area (Å²) >= 11 is 11.1. The van der Waals surface area contributed by atoms with Gasteiger partial charge in [0, 0.05) is 6.26 Å². The number of halogens is 2. The molecule has 1 aromatic rings. The number of methoxy groups -OCH3 is 1. The quantitative estimate of drug-likeness (QED) is 0.629. The normalized spacial score (nSPS) is 11.1. The van der Waals surface area contributed by atoms with Crippen LogP contribution in [0.3, 0.4) is 0 Å². The second-order valence-electron chi connectivity index (χ2n) is 3.34. The molecule has 0 aliphatic heterocycles. The summed E-state index contributed by atoms with van der Waals surface area (Å²) in [6.45, 7) is 0. The van der Waals surface area contributed by atoms with E-state index < -0.39 is 26.6 Å². The standard InChI is InChI=1S/C10H8Cl2O5S/c1-17-10(14)5-3-4-6(18(2,15)16)7(8(5)11)9(12)13/h3-4H,1-2H3. The van der Waals surface area contributed by atoms with Gasteiger partial charge in [0.2, 0.25) is 0 Å². The van der Waals surface area contributed by atoms with E-state index in [1.54, 1.807) is 0 Å². The van der Waals surface area contributed by atoms with E-state index in [-0.39, 0.29) is 15.5 Å². The maximum atomic E-state index is 11.5. The zero-order valence-electron chi connectivity index (χ0n) is 9.36. The number of sulfone groups is 1. The molecule has 0 bridgehead atoms. The summed E-state index contributed by atoms with van der Waals surface area (Å²) in [5, 5.41) is -1.41. The van der Waals surface area contributed by atoms with Crippen molar-refractivity contribution in [1.29, 1.82) is 0 Å². The highest BCUT2D eigenvalue weighted by molar-refractivity contribution is 7.90. The number of ether oxygens (including phenoxy) is 1. The molecule has 0 radical (unpaired) electrons. The van der Waals surface area contributed by atoms with Gasteiger partial charge in [-0.2, -0.15) is 0 Å². The fourth-order valence-corrected chi connectivity index (χ4v) is 2.88. The minimum Gasteiger partial charge on any atom is -0.465 e. The molecule has 0 heterocycles. The lowest BCUT2D eigenvalue weighted by molar-refractivity contribution is 0.0601. The maximum Gasteiger partial charge on any atom is 0.339 e. The van der Waals surface area contributed by atoms with Gasteiger partial charge in [0.1, 0.15) is 0 Å². The molecule has 0 spiro atoms. The Hall–Kier alpha value is -1.11. The minimum atomic E-state index is -3.69. The monoisotopic (exact) mass is 310 g/mol. The molecule has 0 aliphatic rings. The van der Waals surface area contributed by atoms with E-state index in [1.807, 2.05) is 0 Å². The highest BCUT2D eigenvalue weighted by Gasteiger charge is 2.25. The first-order valence-corrected chi connectivity index (χ1v) is 7.15. The van der Waals surface area contributed by atoms with Crippen LogP contribution in [0.1, 0.15) is 20.7 Å². The zero-order chi connectivity index (χ0) is 14.1. The Balaban J connectivity index is 3.69. The van der Waals surface area contributed by atoms with Gasteiger partial charge in [-0.1, -0.05) is 11.6 Å². The number of carbonyl (C=O) groups excluding carboxylic acids is 2. The van der Waals surface area contributed by atoms with Gasteiger partial charge in [-0.05, 0) is 23.7 Å². The van der Waals surface area contributed by atoms with Crippen LogP contribution in [-0.2, 0) is 14.6 Å². The van der Waals surface area contributed by atoms with E-state index in [0.717, 1.165) is 25.5 Å². The third-order valence-corrected chi connectivity index (χ3v) is 3.83. The van der Waals surface area contributed by atoms with E-state index in [1.165, 1.54) is 0 Å². The van der Waals surface area contributed by atoms with Crippen LogP contribution in [0.4, 0.5) is 0 Å². The lowest BCUT2D eigenvalue weighted by Gasteiger charge is -2.09.